The van der Waals surface area contributed by atoms with Crippen molar-refractivity contribution in [3.63, 3.8) is 0 Å². The molecule has 0 bridgehead atoms. The largest absolute Gasteiger partial charge is 0.294 e. The number of anilines is 1. The van der Waals surface area contributed by atoms with Crippen molar-refractivity contribution in [2.24, 2.45) is 0 Å². The number of nitrogens with zero attached hydrogens (tertiary/aromatic N) is 2. The van der Waals surface area contributed by atoms with Gasteiger partial charge in [-0.25, -0.2) is 0 Å². The van der Waals surface area contributed by atoms with E-state index in [1.165, 1.54) is 0 Å². The van der Waals surface area contributed by atoms with Crippen LogP contribution in [0, 0.1) is 24.7 Å². The maximum absolute atomic E-state index is 12.8. The highest BCUT2D eigenvalue weighted by Crippen LogP contribution is 2.32. The normalized spacial score (nSPS) is 13.8. The Kier molecular flexibility index (Phi) is 4.45. The molecule has 0 aromatic heterocycles. The van der Waals surface area contributed by atoms with Gasteiger partial charge in [-0.2, -0.15) is 4.58 Å². The topological polar surface area (TPSA) is 23.3 Å². The smallest absolute Gasteiger partial charge is 0.238 e. The molecule has 2 aromatic rings. The number of hydrogen-bond donors (Lipinski definition) is 0. The minimum Gasteiger partial charge on any atom is -0.294 e. The van der Waals surface area contributed by atoms with Gasteiger partial charge in [-0.05, 0) is 24.1 Å². The molecule has 0 unspecified atom stereocenters. The molecule has 116 valence electrons. The Hall–Kier alpha value is -3.30. The van der Waals surface area contributed by atoms with E-state index >= 15 is 0 Å². The third-order valence-corrected chi connectivity index (χ3v) is 4.01. The molecule has 24 heavy (non-hydrogen) atoms. The quantitative estimate of drug-likeness (QED) is 0.631. The predicted molar refractivity (Wildman–Crippen MR) is 96.4 cm³/mol. The van der Waals surface area contributed by atoms with E-state index in [9.17, 15) is 4.79 Å². The fraction of sp³-hybridized carbons (Fsp3) is 0.143. The molecular formula is C21H17N2O+. The van der Waals surface area contributed by atoms with Crippen molar-refractivity contribution in [1.29, 1.82) is 0 Å². The lowest BCUT2D eigenvalue weighted by Gasteiger charge is -2.17. The zero-order valence-corrected chi connectivity index (χ0v) is 13.3. The van der Waals surface area contributed by atoms with Crippen molar-refractivity contribution in [3.05, 3.63) is 60.2 Å². The summed E-state index contributed by atoms with van der Waals surface area (Å²) in [7, 11) is 0. The highest BCUT2D eigenvalue weighted by Gasteiger charge is 2.33. The molecule has 0 saturated carbocycles. The lowest BCUT2D eigenvalue weighted by atomic mass is 10.1. The first-order valence-electron chi connectivity index (χ1n) is 7.71. The second kappa shape index (κ2) is 6.86. The van der Waals surface area contributed by atoms with E-state index in [-0.39, 0.29) is 18.9 Å². The fourth-order valence-corrected chi connectivity index (χ4v) is 2.96. The SMILES string of the molecule is C#CCN1C(=O)CC(c2ccccc2)=[N+](CC#C)c2ccccc21. The Morgan fingerprint density at radius 2 is 1.71 bits per heavy atom. The monoisotopic (exact) mass is 313 g/mol. The van der Waals surface area contributed by atoms with Crippen LogP contribution in [0.15, 0.2) is 54.6 Å². The molecule has 1 amide bonds. The number of para-hydroxylation sites is 2. The van der Waals surface area contributed by atoms with Crippen LogP contribution in [0.3, 0.4) is 0 Å². The number of fused-ring (bicyclic) bond motifs is 1. The van der Waals surface area contributed by atoms with Crippen molar-refractivity contribution >= 4 is 23.0 Å². The van der Waals surface area contributed by atoms with Crippen molar-refractivity contribution in [2.75, 3.05) is 18.0 Å². The number of rotatable bonds is 3. The Labute approximate surface area is 142 Å². The van der Waals surface area contributed by atoms with Crippen LogP contribution in [0.1, 0.15) is 12.0 Å². The van der Waals surface area contributed by atoms with E-state index in [1.54, 1.807) is 4.90 Å². The van der Waals surface area contributed by atoms with Crippen LogP contribution in [0.4, 0.5) is 11.4 Å². The summed E-state index contributed by atoms with van der Waals surface area (Å²) in [4.78, 5) is 14.5. The molecule has 0 aliphatic carbocycles. The van der Waals surface area contributed by atoms with E-state index in [2.05, 4.69) is 11.8 Å². The molecule has 0 saturated heterocycles. The van der Waals surface area contributed by atoms with Crippen LogP contribution in [0.2, 0.25) is 0 Å². The summed E-state index contributed by atoms with van der Waals surface area (Å²) in [6, 6.07) is 17.6. The molecule has 1 aliphatic heterocycles. The van der Waals surface area contributed by atoms with Gasteiger partial charge < -0.3 is 0 Å². The Balaban J connectivity index is 2.27. The second-order valence-electron chi connectivity index (χ2n) is 5.45. The summed E-state index contributed by atoms with van der Waals surface area (Å²) < 4.78 is 2.03. The lowest BCUT2D eigenvalue weighted by molar-refractivity contribution is -0.425. The second-order valence-corrected chi connectivity index (χ2v) is 5.45. The van der Waals surface area contributed by atoms with Crippen LogP contribution in [0.5, 0.6) is 0 Å². The van der Waals surface area contributed by atoms with E-state index in [0.29, 0.717) is 6.54 Å². The molecule has 0 atom stereocenters. The molecule has 0 N–H and O–H groups in total. The van der Waals surface area contributed by atoms with Crippen LogP contribution in [-0.4, -0.2) is 29.3 Å². The summed E-state index contributed by atoms with van der Waals surface area (Å²) in [6.07, 6.45) is 11.3. The maximum atomic E-state index is 12.8. The molecule has 3 heteroatoms. The number of terminal acetylenes is 2. The van der Waals surface area contributed by atoms with Crippen LogP contribution >= 0.6 is 0 Å². The van der Waals surface area contributed by atoms with E-state index in [4.69, 9.17) is 12.8 Å². The maximum Gasteiger partial charge on any atom is 0.238 e. The van der Waals surface area contributed by atoms with Crippen molar-refractivity contribution in [2.45, 2.75) is 6.42 Å². The minimum absolute atomic E-state index is 0.0289. The molecule has 0 spiro atoms. The van der Waals surface area contributed by atoms with Gasteiger partial charge in [0.1, 0.15) is 12.1 Å². The Morgan fingerprint density at radius 3 is 2.42 bits per heavy atom. The molecule has 0 fully saturated rings. The molecule has 1 heterocycles. The van der Waals surface area contributed by atoms with Gasteiger partial charge in [0.25, 0.3) is 0 Å². The van der Waals surface area contributed by atoms with E-state index in [1.807, 2.05) is 59.2 Å². The standard InChI is InChI=1S/C21H17N2O/c1-3-14-22-18-12-8-9-13-19(18)23(15-4-2)21(24)16-20(22)17-10-6-5-7-11-17/h1-2,5-13H,14-16H2/q+1. The molecule has 0 radical (unpaired) electrons. The zero-order chi connectivity index (χ0) is 16.9. The number of benzene rings is 2. The van der Waals surface area contributed by atoms with Gasteiger partial charge in [-0.3, -0.25) is 9.69 Å². The summed E-state index contributed by atoms with van der Waals surface area (Å²) in [5, 5.41) is 0. The highest BCUT2D eigenvalue weighted by atomic mass is 16.2. The van der Waals surface area contributed by atoms with Gasteiger partial charge in [0, 0.05) is 11.6 Å². The number of carbonyl (C=O) groups is 1. The first-order valence-corrected chi connectivity index (χ1v) is 7.71. The number of carbonyl (C=O) groups excluding carboxylic acids is 1. The first kappa shape index (κ1) is 15.6. The summed E-state index contributed by atoms with van der Waals surface area (Å²) in [6.45, 7) is 0.625. The number of hydrogen-bond acceptors (Lipinski definition) is 1. The molecule has 3 rings (SSSR count). The van der Waals surface area contributed by atoms with E-state index < -0.39 is 0 Å². The van der Waals surface area contributed by atoms with Crippen molar-refractivity contribution in [3.8, 4) is 24.7 Å². The first-order chi connectivity index (χ1) is 11.8. The molecule has 2 aromatic carbocycles. The highest BCUT2D eigenvalue weighted by molar-refractivity contribution is 6.14. The average Bonchev–Trinajstić information content (AvgIpc) is 2.73. The van der Waals surface area contributed by atoms with Crippen molar-refractivity contribution in [1.82, 2.24) is 0 Å². The van der Waals surface area contributed by atoms with Crippen molar-refractivity contribution < 1.29 is 9.37 Å². The van der Waals surface area contributed by atoms with Gasteiger partial charge in [-0.1, -0.05) is 36.3 Å². The third-order valence-electron chi connectivity index (χ3n) is 4.01. The lowest BCUT2D eigenvalue weighted by Crippen LogP contribution is -2.32. The zero-order valence-electron chi connectivity index (χ0n) is 13.3. The molecule has 1 aliphatic rings. The summed E-state index contributed by atoms with van der Waals surface area (Å²) in [5.41, 5.74) is 3.57. The van der Waals surface area contributed by atoms with Gasteiger partial charge >= 0.3 is 0 Å². The van der Waals surface area contributed by atoms with Gasteiger partial charge in [0.15, 0.2) is 5.71 Å². The van der Waals surface area contributed by atoms with Crippen LogP contribution in [-0.2, 0) is 4.79 Å². The van der Waals surface area contributed by atoms with Gasteiger partial charge in [-0.15, -0.1) is 12.8 Å². The van der Waals surface area contributed by atoms with Crippen LogP contribution in [0.25, 0.3) is 0 Å². The predicted octanol–water partition coefficient (Wildman–Crippen LogP) is 2.82. The Morgan fingerprint density at radius 1 is 1.00 bits per heavy atom. The van der Waals surface area contributed by atoms with E-state index in [0.717, 1.165) is 22.6 Å². The minimum atomic E-state index is -0.0289. The molecule has 3 nitrogen and oxygen atoms in total. The van der Waals surface area contributed by atoms with Gasteiger partial charge in [0.2, 0.25) is 18.1 Å². The molecular weight excluding hydrogens is 296 g/mol. The fourth-order valence-electron chi connectivity index (χ4n) is 2.96. The summed E-state index contributed by atoms with van der Waals surface area (Å²) in [5.74, 6) is 5.25. The third kappa shape index (κ3) is 2.81. The van der Waals surface area contributed by atoms with Crippen LogP contribution < -0.4 is 4.90 Å². The number of amides is 1. The summed E-state index contributed by atoms with van der Waals surface area (Å²) >= 11 is 0. The Bertz CT molecular complexity index is 882. The van der Waals surface area contributed by atoms with Gasteiger partial charge in [0.05, 0.1) is 6.54 Å². The average molecular weight is 313 g/mol.